The molecule has 1 unspecified atom stereocenters. The van der Waals surface area contributed by atoms with Crippen LogP contribution in [0.1, 0.15) is 12.0 Å². The molecule has 2 aromatic carbocycles. The fraction of sp³-hybridized carbons (Fsp3) is 0.417. The number of rotatable bonds is 2. The molecule has 3 aliphatic rings. The van der Waals surface area contributed by atoms with Crippen LogP contribution in [-0.4, -0.2) is 62.0 Å². The van der Waals surface area contributed by atoms with Gasteiger partial charge in [0.25, 0.3) is 0 Å². The van der Waals surface area contributed by atoms with Crippen molar-refractivity contribution >= 4 is 17.3 Å². The maximum absolute atomic E-state index is 12.8. The first-order chi connectivity index (χ1) is 14.6. The van der Waals surface area contributed by atoms with Crippen molar-refractivity contribution in [3.63, 3.8) is 0 Å². The molecule has 0 saturated carbocycles. The third kappa shape index (κ3) is 3.29. The second-order valence-electron chi connectivity index (χ2n) is 8.89. The first-order valence-corrected chi connectivity index (χ1v) is 10.7. The number of likely N-dealkylation sites (N-methyl/N-ethyl adjacent to an activating group) is 1. The highest BCUT2D eigenvalue weighted by molar-refractivity contribution is 5.99. The van der Waals surface area contributed by atoms with Gasteiger partial charge in [-0.25, -0.2) is 0 Å². The van der Waals surface area contributed by atoms with Crippen LogP contribution < -0.4 is 10.2 Å². The average molecular weight is 402 g/mol. The van der Waals surface area contributed by atoms with Gasteiger partial charge < -0.3 is 20.0 Å². The van der Waals surface area contributed by atoms with E-state index in [2.05, 4.69) is 64.8 Å². The number of fused-ring (bicyclic) bond motifs is 1. The lowest BCUT2D eigenvalue weighted by Gasteiger charge is -2.34. The van der Waals surface area contributed by atoms with Gasteiger partial charge in [-0.2, -0.15) is 5.26 Å². The number of nitrogens with one attached hydrogen (secondary N) is 1. The van der Waals surface area contributed by atoms with E-state index >= 15 is 0 Å². The normalized spacial score (nSPS) is 23.9. The van der Waals surface area contributed by atoms with Crippen molar-refractivity contribution in [2.75, 3.05) is 56.5 Å². The molecule has 1 amide bonds. The van der Waals surface area contributed by atoms with Crippen molar-refractivity contribution in [2.45, 2.75) is 12.8 Å². The van der Waals surface area contributed by atoms with Gasteiger partial charge in [0.15, 0.2) is 6.19 Å². The maximum atomic E-state index is 12.8. The molecular formula is C24H27N5O. The predicted molar refractivity (Wildman–Crippen MR) is 118 cm³/mol. The Kier molecular flexibility index (Phi) is 4.63. The van der Waals surface area contributed by atoms with E-state index in [4.69, 9.17) is 0 Å². The number of carbonyl (C=O) groups excluding carboxylic acids is 1. The van der Waals surface area contributed by atoms with Gasteiger partial charge in [0.1, 0.15) is 0 Å². The summed E-state index contributed by atoms with van der Waals surface area (Å²) in [6.07, 6.45) is 3.62. The Morgan fingerprint density at radius 2 is 1.73 bits per heavy atom. The standard InChI is InChI=1S/C24H27N5O/c1-27-10-12-29(13-11-27)21-5-2-18(3-6-21)19-4-7-22-20(14-19)15-24(23(30)26-22)8-9-28(16-24)17-25/h2-7,14H,8-13,15-16H2,1H3,(H,26,30). The van der Waals surface area contributed by atoms with Crippen LogP contribution in [0.5, 0.6) is 0 Å². The van der Waals surface area contributed by atoms with Crippen LogP contribution in [0.2, 0.25) is 0 Å². The van der Waals surface area contributed by atoms with Crippen molar-refractivity contribution in [1.29, 1.82) is 5.26 Å². The first kappa shape index (κ1) is 19.0. The lowest BCUT2D eigenvalue weighted by Crippen LogP contribution is -2.44. The minimum absolute atomic E-state index is 0.0528. The van der Waals surface area contributed by atoms with E-state index in [1.54, 1.807) is 4.90 Å². The number of hydrogen-bond acceptors (Lipinski definition) is 5. The van der Waals surface area contributed by atoms with E-state index in [1.165, 1.54) is 16.8 Å². The van der Waals surface area contributed by atoms with Gasteiger partial charge in [0.05, 0.1) is 5.41 Å². The molecule has 0 radical (unpaired) electrons. The molecule has 1 atom stereocenters. The Morgan fingerprint density at radius 3 is 2.43 bits per heavy atom. The number of likely N-dealkylation sites (tertiary alicyclic amines) is 1. The molecule has 0 aliphatic carbocycles. The Hall–Kier alpha value is -3.04. The maximum Gasteiger partial charge on any atom is 0.232 e. The first-order valence-electron chi connectivity index (χ1n) is 10.7. The van der Waals surface area contributed by atoms with Crippen LogP contribution in [0.3, 0.4) is 0 Å². The zero-order chi connectivity index (χ0) is 20.7. The molecule has 5 rings (SSSR count). The van der Waals surface area contributed by atoms with Gasteiger partial charge >= 0.3 is 0 Å². The van der Waals surface area contributed by atoms with E-state index in [9.17, 15) is 10.1 Å². The minimum Gasteiger partial charge on any atom is -0.369 e. The molecule has 0 aromatic heterocycles. The molecular weight excluding hydrogens is 374 g/mol. The summed E-state index contributed by atoms with van der Waals surface area (Å²) >= 11 is 0. The van der Waals surface area contributed by atoms with Gasteiger partial charge in [0.2, 0.25) is 5.91 Å². The smallest absolute Gasteiger partial charge is 0.232 e. The number of carbonyl (C=O) groups is 1. The van der Waals surface area contributed by atoms with Gasteiger partial charge in [-0.05, 0) is 60.8 Å². The average Bonchev–Trinajstić information content (AvgIpc) is 3.19. The molecule has 1 N–H and O–H groups in total. The summed E-state index contributed by atoms with van der Waals surface area (Å²) in [5, 5.41) is 12.3. The summed E-state index contributed by atoms with van der Waals surface area (Å²) in [5.41, 5.74) is 5.21. The second-order valence-corrected chi connectivity index (χ2v) is 8.89. The molecule has 3 heterocycles. The summed E-state index contributed by atoms with van der Waals surface area (Å²) in [5.74, 6) is 0.0528. The van der Waals surface area contributed by atoms with E-state index in [0.29, 0.717) is 19.5 Å². The van der Waals surface area contributed by atoms with Crippen molar-refractivity contribution < 1.29 is 4.79 Å². The molecule has 6 heteroatoms. The highest BCUT2D eigenvalue weighted by Gasteiger charge is 2.47. The van der Waals surface area contributed by atoms with Gasteiger partial charge in [-0.3, -0.25) is 4.79 Å². The topological polar surface area (TPSA) is 62.6 Å². The van der Waals surface area contributed by atoms with Crippen LogP contribution in [0, 0.1) is 16.9 Å². The fourth-order valence-corrected chi connectivity index (χ4v) is 4.96. The molecule has 3 aliphatic heterocycles. The number of piperazine rings is 1. The zero-order valence-electron chi connectivity index (χ0n) is 17.4. The second kappa shape index (κ2) is 7.33. The summed E-state index contributed by atoms with van der Waals surface area (Å²) in [6, 6.07) is 15.1. The number of anilines is 2. The minimum atomic E-state index is -0.480. The summed E-state index contributed by atoms with van der Waals surface area (Å²) in [7, 11) is 2.17. The molecule has 30 heavy (non-hydrogen) atoms. The summed E-state index contributed by atoms with van der Waals surface area (Å²) in [4.78, 5) is 19.3. The molecule has 154 valence electrons. The highest BCUT2D eigenvalue weighted by Crippen LogP contribution is 2.41. The van der Waals surface area contributed by atoms with Crippen LogP contribution in [0.4, 0.5) is 11.4 Å². The summed E-state index contributed by atoms with van der Waals surface area (Å²) in [6.45, 7) is 5.50. The molecule has 0 bridgehead atoms. The molecule has 6 nitrogen and oxygen atoms in total. The van der Waals surface area contributed by atoms with Crippen LogP contribution in [0.15, 0.2) is 42.5 Å². The number of amides is 1. The predicted octanol–water partition coefficient (Wildman–Crippen LogP) is 2.77. The SMILES string of the molecule is CN1CCN(c2ccc(-c3ccc4c(c3)CC3(CCN(C#N)C3)C(=O)N4)cc2)CC1. The molecule has 2 saturated heterocycles. The van der Waals surface area contributed by atoms with E-state index < -0.39 is 5.41 Å². The third-order valence-corrected chi connectivity index (χ3v) is 6.93. The zero-order valence-corrected chi connectivity index (χ0v) is 17.4. The van der Waals surface area contributed by atoms with Gasteiger partial charge in [-0.1, -0.05) is 18.2 Å². The van der Waals surface area contributed by atoms with Gasteiger partial charge in [-0.15, -0.1) is 0 Å². The lowest BCUT2D eigenvalue weighted by atomic mass is 9.76. The number of benzene rings is 2. The van der Waals surface area contributed by atoms with Crippen molar-refractivity contribution in [1.82, 2.24) is 9.80 Å². The number of nitriles is 1. The Balaban J connectivity index is 1.37. The number of nitrogens with zero attached hydrogens (tertiary/aromatic N) is 4. The summed E-state index contributed by atoms with van der Waals surface area (Å²) < 4.78 is 0. The Morgan fingerprint density at radius 1 is 1.00 bits per heavy atom. The number of hydrogen-bond donors (Lipinski definition) is 1. The highest BCUT2D eigenvalue weighted by atomic mass is 16.2. The lowest BCUT2D eigenvalue weighted by molar-refractivity contribution is -0.125. The Labute approximate surface area is 177 Å². The van der Waals surface area contributed by atoms with E-state index in [0.717, 1.165) is 43.9 Å². The van der Waals surface area contributed by atoms with Crippen molar-refractivity contribution in [2.24, 2.45) is 5.41 Å². The van der Waals surface area contributed by atoms with E-state index in [1.807, 2.05) is 6.07 Å². The van der Waals surface area contributed by atoms with Crippen LogP contribution in [0.25, 0.3) is 11.1 Å². The monoisotopic (exact) mass is 401 g/mol. The quantitative estimate of drug-likeness (QED) is 0.784. The fourth-order valence-electron chi connectivity index (χ4n) is 4.96. The molecule has 2 fully saturated rings. The Bertz CT molecular complexity index is 1000. The van der Waals surface area contributed by atoms with Crippen LogP contribution in [-0.2, 0) is 11.2 Å². The van der Waals surface area contributed by atoms with Crippen LogP contribution >= 0.6 is 0 Å². The largest absolute Gasteiger partial charge is 0.369 e. The third-order valence-electron chi connectivity index (χ3n) is 6.93. The van der Waals surface area contributed by atoms with E-state index in [-0.39, 0.29) is 5.91 Å². The van der Waals surface area contributed by atoms with Crippen molar-refractivity contribution in [3.8, 4) is 17.3 Å². The molecule has 1 spiro atoms. The molecule has 2 aromatic rings. The van der Waals surface area contributed by atoms with Crippen molar-refractivity contribution in [3.05, 3.63) is 48.0 Å². The van der Waals surface area contributed by atoms with Gasteiger partial charge in [0, 0.05) is 50.6 Å².